The van der Waals surface area contributed by atoms with Crippen molar-refractivity contribution in [2.45, 2.75) is 6.92 Å². The van der Waals surface area contributed by atoms with E-state index < -0.39 is 5.97 Å². The van der Waals surface area contributed by atoms with Gasteiger partial charge < -0.3 is 10.3 Å². The van der Waals surface area contributed by atoms with E-state index in [1.807, 2.05) is 0 Å². The summed E-state index contributed by atoms with van der Waals surface area (Å²) >= 11 is 6.70. The average molecular weight is 232 g/mol. The maximum atomic E-state index is 11.2. The first-order chi connectivity index (χ1) is 6.69. The van der Waals surface area contributed by atoms with Gasteiger partial charge in [0, 0.05) is 5.38 Å². The molecule has 14 heavy (non-hydrogen) atoms. The van der Waals surface area contributed by atoms with Crippen LogP contribution in [-0.2, 0) is 9.53 Å². The summed E-state index contributed by atoms with van der Waals surface area (Å²) in [4.78, 5) is 17.8. The number of thiazole rings is 1. The zero-order valence-corrected chi connectivity index (χ0v) is 8.80. The van der Waals surface area contributed by atoms with E-state index >= 15 is 0 Å². The summed E-state index contributed by atoms with van der Waals surface area (Å²) in [6.07, 6.45) is 0. The molecular formula is C7H6ClN3O2S. The lowest BCUT2D eigenvalue weighted by atomic mass is 10.3. The monoisotopic (exact) mass is 231 g/mol. The summed E-state index contributed by atoms with van der Waals surface area (Å²) in [5, 5.41) is 1.51. The highest BCUT2D eigenvalue weighted by molar-refractivity contribution is 7.14. The third kappa shape index (κ3) is 2.38. The third-order valence-electron chi connectivity index (χ3n) is 1.29. The zero-order chi connectivity index (χ0) is 10.6. The number of aromatic nitrogens is 1. The number of ether oxygens (including phenoxy) is 1. The molecule has 0 aromatic carbocycles. The van der Waals surface area contributed by atoms with Crippen LogP contribution in [0.4, 0.5) is 0 Å². The highest BCUT2D eigenvalue weighted by atomic mass is 35.5. The molecule has 74 valence electrons. The van der Waals surface area contributed by atoms with Crippen LogP contribution in [0.2, 0.25) is 4.47 Å². The zero-order valence-electron chi connectivity index (χ0n) is 7.23. The molecule has 0 saturated heterocycles. The van der Waals surface area contributed by atoms with Gasteiger partial charge in [-0.15, -0.1) is 11.3 Å². The number of carbonyl (C=O) groups excluding carboxylic acids is 1. The van der Waals surface area contributed by atoms with E-state index in [2.05, 4.69) is 14.5 Å². The molecule has 0 unspecified atom stereocenters. The first kappa shape index (κ1) is 10.8. The van der Waals surface area contributed by atoms with Gasteiger partial charge in [0.2, 0.25) is 0 Å². The molecule has 0 bridgehead atoms. The molecule has 0 amide bonds. The molecule has 0 radical (unpaired) electrons. The van der Waals surface area contributed by atoms with E-state index in [0.717, 1.165) is 11.3 Å². The quantitative estimate of drug-likeness (QED) is 0.341. The molecule has 5 nitrogen and oxygen atoms in total. The summed E-state index contributed by atoms with van der Waals surface area (Å²) in [5.74, 6) is -0.725. The van der Waals surface area contributed by atoms with Crippen molar-refractivity contribution in [1.29, 1.82) is 0 Å². The second kappa shape index (κ2) is 4.85. The molecule has 0 aliphatic rings. The van der Waals surface area contributed by atoms with Crippen molar-refractivity contribution >= 4 is 34.6 Å². The standard InChI is InChI=1S/C7H6ClN3O2S/c1-2-13-6(12)5(11-9)4-3-14-7(8)10-4/h3H,2H2,1H3. The number of halogens is 1. The number of hydrogen-bond acceptors (Lipinski definition) is 4. The molecule has 1 rings (SSSR count). The third-order valence-corrected chi connectivity index (χ3v) is 2.27. The van der Waals surface area contributed by atoms with Gasteiger partial charge in [-0.25, -0.2) is 9.78 Å². The molecule has 0 spiro atoms. The maximum Gasteiger partial charge on any atom is 0.425 e. The summed E-state index contributed by atoms with van der Waals surface area (Å²) < 4.78 is 4.92. The molecule has 0 N–H and O–H groups in total. The van der Waals surface area contributed by atoms with Crippen LogP contribution in [0.3, 0.4) is 0 Å². The molecule has 1 aromatic heterocycles. The normalized spacial score (nSPS) is 9.29. The van der Waals surface area contributed by atoms with Crippen molar-refractivity contribution in [3.63, 3.8) is 0 Å². The average Bonchev–Trinajstić information content (AvgIpc) is 2.54. The minimum absolute atomic E-state index is 0.204. The van der Waals surface area contributed by atoms with Gasteiger partial charge in [-0.1, -0.05) is 11.6 Å². The molecule has 0 aliphatic heterocycles. The molecule has 0 fully saturated rings. The molecular weight excluding hydrogens is 226 g/mol. The Labute approximate surface area is 88.9 Å². The first-order valence-electron chi connectivity index (χ1n) is 3.69. The predicted molar refractivity (Wildman–Crippen MR) is 51.5 cm³/mol. The van der Waals surface area contributed by atoms with E-state index in [4.69, 9.17) is 17.1 Å². The minimum atomic E-state index is -0.725. The van der Waals surface area contributed by atoms with Gasteiger partial charge in [-0.3, -0.25) is 0 Å². The summed E-state index contributed by atoms with van der Waals surface area (Å²) in [6, 6.07) is 0. The van der Waals surface area contributed by atoms with E-state index in [1.54, 1.807) is 6.92 Å². The second-order valence-corrected chi connectivity index (χ2v) is 3.60. The minimum Gasteiger partial charge on any atom is -0.457 e. The Hall–Kier alpha value is -1.23. The van der Waals surface area contributed by atoms with Crippen LogP contribution in [0.25, 0.3) is 5.53 Å². The summed E-state index contributed by atoms with van der Waals surface area (Å²) in [7, 11) is 0. The second-order valence-electron chi connectivity index (χ2n) is 2.15. The number of hydrogen-bond donors (Lipinski definition) is 0. The van der Waals surface area contributed by atoms with Crippen LogP contribution in [0.15, 0.2) is 5.38 Å². The van der Waals surface area contributed by atoms with Gasteiger partial charge in [0.1, 0.15) is 0 Å². The number of esters is 1. The van der Waals surface area contributed by atoms with Gasteiger partial charge in [0.25, 0.3) is 0 Å². The van der Waals surface area contributed by atoms with Crippen molar-refractivity contribution in [2.75, 3.05) is 6.61 Å². The van der Waals surface area contributed by atoms with Crippen LogP contribution in [0, 0.1) is 0 Å². The topological polar surface area (TPSA) is 75.6 Å². The van der Waals surface area contributed by atoms with Gasteiger partial charge >= 0.3 is 11.7 Å². The molecule has 0 atom stereocenters. The Morgan fingerprint density at radius 2 is 2.57 bits per heavy atom. The maximum absolute atomic E-state index is 11.2. The van der Waals surface area contributed by atoms with Gasteiger partial charge in [0.05, 0.1) is 6.61 Å². The van der Waals surface area contributed by atoms with Crippen molar-refractivity contribution in [3.8, 4) is 0 Å². The highest BCUT2D eigenvalue weighted by Crippen LogP contribution is 2.15. The molecule has 1 aromatic rings. The largest absolute Gasteiger partial charge is 0.457 e. The van der Waals surface area contributed by atoms with Crippen LogP contribution in [0.5, 0.6) is 0 Å². The Kier molecular flexibility index (Phi) is 3.76. The lowest BCUT2D eigenvalue weighted by Crippen LogP contribution is -2.20. The number of rotatable bonds is 3. The summed E-state index contributed by atoms with van der Waals surface area (Å²) in [6.45, 7) is 1.86. The number of carbonyl (C=O) groups is 1. The van der Waals surface area contributed by atoms with Gasteiger partial charge in [0.15, 0.2) is 10.2 Å². The van der Waals surface area contributed by atoms with Crippen LogP contribution >= 0.6 is 22.9 Å². The van der Waals surface area contributed by atoms with Crippen molar-refractivity contribution in [1.82, 2.24) is 4.98 Å². The van der Waals surface area contributed by atoms with E-state index in [1.165, 1.54) is 5.38 Å². The number of nitrogens with zero attached hydrogens (tertiary/aromatic N) is 3. The first-order valence-corrected chi connectivity index (χ1v) is 4.95. The van der Waals surface area contributed by atoms with Crippen molar-refractivity contribution in [3.05, 3.63) is 21.1 Å². The van der Waals surface area contributed by atoms with Crippen LogP contribution < -0.4 is 0 Å². The van der Waals surface area contributed by atoms with E-state index in [0.29, 0.717) is 0 Å². The SMILES string of the molecule is CCOC(=O)C(=[N+]=[N-])c1csc(Cl)n1. The fourth-order valence-corrected chi connectivity index (χ4v) is 1.51. The fourth-order valence-electron chi connectivity index (χ4n) is 0.757. The Morgan fingerprint density at radius 3 is 3.00 bits per heavy atom. The van der Waals surface area contributed by atoms with Gasteiger partial charge in [-0.05, 0) is 6.92 Å². The van der Waals surface area contributed by atoms with Gasteiger partial charge in [-0.2, -0.15) is 4.79 Å². The molecule has 0 saturated carbocycles. The molecule has 7 heteroatoms. The lowest BCUT2D eigenvalue weighted by Gasteiger charge is -1.93. The van der Waals surface area contributed by atoms with Crippen LogP contribution in [0.1, 0.15) is 12.6 Å². The Bertz CT molecular complexity index is 397. The van der Waals surface area contributed by atoms with E-state index in [-0.39, 0.29) is 22.5 Å². The molecule has 0 aliphatic carbocycles. The Balaban J connectivity index is 2.94. The highest BCUT2D eigenvalue weighted by Gasteiger charge is 2.26. The smallest absolute Gasteiger partial charge is 0.425 e. The van der Waals surface area contributed by atoms with Crippen molar-refractivity contribution < 1.29 is 14.3 Å². The lowest BCUT2D eigenvalue weighted by molar-refractivity contribution is -0.139. The van der Waals surface area contributed by atoms with Crippen molar-refractivity contribution in [2.24, 2.45) is 0 Å². The van der Waals surface area contributed by atoms with Crippen LogP contribution in [-0.4, -0.2) is 28.1 Å². The Morgan fingerprint density at radius 1 is 1.86 bits per heavy atom. The predicted octanol–water partition coefficient (Wildman–Crippen LogP) is 1.38. The fraction of sp³-hybridized carbons (Fsp3) is 0.286. The summed E-state index contributed by atoms with van der Waals surface area (Å²) in [5.41, 5.74) is 8.56. The molecule has 1 heterocycles. The van der Waals surface area contributed by atoms with E-state index in [9.17, 15) is 4.79 Å².